The van der Waals surface area contributed by atoms with Crippen LogP contribution in [0.15, 0.2) is 22.8 Å². The Labute approximate surface area is 125 Å². The Morgan fingerprint density at radius 2 is 2.14 bits per heavy atom. The molecule has 0 spiro atoms. The number of benzene rings is 1. The number of carbonyl (C=O) groups excluding carboxylic acids is 1. The van der Waals surface area contributed by atoms with Gasteiger partial charge in [0.05, 0.1) is 12.8 Å². The highest BCUT2D eigenvalue weighted by Gasteiger charge is 2.32. The molecule has 0 fully saturated rings. The molecule has 0 saturated heterocycles. The SMILES string of the molecule is CCOC(=O)Cn1ncc2c(Br)ccc(OC(F)(F)F)c21. The molecular weight excluding hydrogens is 357 g/mol. The van der Waals surface area contributed by atoms with Crippen LogP contribution in [0.2, 0.25) is 0 Å². The van der Waals surface area contributed by atoms with Crippen molar-refractivity contribution in [3.8, 4) is 5.75 Å². The first kappa shape index (κ1) is 15.6. The summed E-state index contributed by atoms with van der Waals surface area (Å²) in [6.45, 7) is 1.50. The van der Waals surface area contributed by atoms with Gasteiger partial charge < -0.3 is 9.47 Å². The van der Waals surface area contributed by atoms with Crippen molar-refractivity contribution in [2.24, 2.45) is 0 Å². The van der Waals surface area contributed by atoms with E-state index in [9.17, 15) is 18.0 Å². The summed E-state index contributed by atoms with van der Waals surface area (Å²) >= 11 is 3.21. The third-order valence-electron chi connectivity index (χ3n) is 2.52. The zero-order valence-corrected chi connectivity index (χ0v) is 12.4. The number of carbonyl (C=O) groups is 1. The number of esters is 1. The summed E-state index contributed by atoms with van der Waals surface area (Å²) in [4.78, 5) is 11.5. The smallest absolute Gasteiger partial charge is 0.465 e. The van der Waals surface area contributed by atoms with Gasteiger partial charge in [-0.05, 0) is 19.1 Å². The summed E-state index contributed by atoms with van der Waals surface area (Å²) in [5.41, 5.74) is 0.0646. The predicted octanol–water partition coefficient (Wildman–Crippen LogP) is 3.26. The normalized spacial score (nSPS) is 11.7. The van der Waals surface area contributed by atoms with Crippen LogP contribution >= 0.6 is 15.9 Å². The largest absolute Gasteiger partial charge is 0.573 e. The maximum Gasteiger partial charge on any atom is 0.573 e. The Morgan fingerprint density at radius 3 is 2.76 bits per heavy atom. The fraction of sp³-hybridized carbons (Fsp3) is 0.333. The highest BCUT2D eigenvalue weighted by atomic mass is 79.9. The molecule has 5 nitrogen and oxygen atoms in total. The Bertz CT molecular complexity index is 670. The van der Waals surface area contributed by atoms with Crippen molar-refractivity contribution in [3.05, 3.63) is 22.8 Å². The fourth-order valence-corrected chi connectivity index (χ4v) is 2.22. The molecule has 0 atom stereocenters. The molecule has 0 aliphatic carbocycles. The zero-order chi connectivity index (χ0) is 15.6. The molecule has 2 aromatic rings. The number of rotatable bonds is 4. The first-order chi connectivity index (χ1) is 9.81. The summed E-state index contributed by atoms with van der Waals surface area (Å²) in [7, 11) is 0. The summed E-state index contributed by atoms with van der Waals surface area (Å²) in [5.74, 6) is -1.03. The number of nitrogens with zero attached hydrogens (tertiary/aromatic N) is 2. The molecule has 1 heterocycles. The number of hydrogen-bond acceptors (Lipinski definition) is 4. The molecule has 0 saturated carbocycles. The molecule has 0 unspecified atom stereocenters. The van der Waals surface area contributed by atoms with Gasteiger partial charge in [0.15, 0.2) is 5.75 Å². The maximum absolute atomic E-state index is 12.4. The minimum absolute atomic E-state index is 0.0646. The monoisotopic (exact) mass is 366 g/mol. The topological polar surface area (TPSA) is 53.4 Å². The first-order valence-electron chi connectivity index (χ1n) is 5.87. The second kappa shape index (κ2) is 5.92. The van der Waals surface area contributed by atoms with Crippen molar-refractivity contribution in [2.45, 2.75) is 19.8 Å². The van der Waals surface area contributed by atoms with Gasteiger partial charge in [-0.25, -0.2) is 4.68 Å². The van der Waals surface area contributed by atoms with E-state index in [0.29, 0.717) is 9.86 Å². The molecule has 1 aromatic heterocycles. The summed E-state index contributed by atoms with van der Waals surface area (Å²) in [6, 6.07) is 2.57. The quantitative estimate of drug-likeness (QED) is 0.779. The van der Waals surface area contributed by atoms with E-state index < -0.39 is 18.1 Å². The standard InChI is InChI=1S/C12H10BrF3N2O3/c1-2-20-10(19)6-18-11-7(5-17-18)8(13)3-4-9(11)21-12(14,15)16/h3-5H,2,6H2,1H3. The van der Waals surface area contributed by atoms with Gasteiger partial charge in [0, 0.05) is 9.86 Å². The minimum atomic E-state index is -4.83. The lowest BCUT2D eigenvalue weighted by Gasteiger charge is -2.12. The lowest BCUT2D eigenvalue weighted by atomic mass is 10.2. The van der Waals surface area contributed by atoms with Crippen molar-refractivity contribution in [2.75, 3.05) is 6.61 Å². The van der Waals surface area contributed by atoms with E-state index in [1.807, 2.05) is 0 Å². The van der Waals surface area contributed by atoms with Gasteiger partial charge in [-0.2, -0.15) is 5.10 Å². The van der Waals surface area contributed by atoms with Crippen molar-refractivity contribution in [1.29, 1.82) is 0 Å². The van der Waals surface area contributed by atoms with E-state index in [2.05, 4.69) is 25.8 Å². The van der Waals surface area contributed by atoms with Crippen LogP contribution in [0.4, 0.5) is 13.2 Å². The van der Waals surface area contributed by atoms with E-state index in [4.69, 9.17) is 4.74 Å². The molecule has 0 bridgehead atoms. The molecule has 1 aromatic carbocycles. The van der Waals surface area contributed by atoms with E-state index in [1.165, 1.54) is 12.3 Å². The molecule has 2 rings (SSSR count). The Balaban J connectivity index is 2.47. The van der Waals surface area contributed by atoms with Gasteiger partial charge in [0.2, 0.25) is 0 Å². The summed E-state index contributed by atoms with van der Waals surface area (Å²) in [5, 5.41) is 4.31. The van der Waals surface area contributed by atoms with Crippen LogP contribution in [-0.2, 0) is 16.1 Å². The zero-order valence-electron chi connectivity index (χ0n) is 10.8. The van der Waals surface area contributed by atoms with Gasteiger partial charge in [0.25, 0.3) is 0 Å². The fourth-order valence-electron chi connectivity index (χ4n) is 1.79. The molecule has 0 aliphatic rings. The van der Waals surface area contributed by atoms with Crippen LogP contribution in [0.5, 0.6) is 5.75 Å². The summed E-state index contributed by atoms with van der Waals surface area (Å²) in [6.07, 6.45) is -3.48. The van der Waals surface area contributed by atoms with Crippen LogP contribution in [-0.4, -0.2) is 28.7 Å². The molecule has 0 N–H and O–H groups in total. The third-order valence-corrected chi connectivity index (χ3v) is 3.21. The number of aromatic nitrogens is 2. The molecule has 0 radical (unpaired) electrons. The predicted molar refractivity (Wildman–Crippen MR) is 70.7 cm³/mol. The van der Waals surface area contributed by atoms with E-state index in [0.717, 1.165) is 10.7 Å². The van der Waals surface area contributed by atoms with Crippen molar-refractivity contribution < 1.29 is 27.4 Å². The van der Waals surface area contributed by atoms with Gasteiger partial charge >= 0.3 is 12.3 Å². The van der Waals surface area contributed by atoms with E-state index >= 15 is 0 Å². The summed E-state index contributed by atoms with van der Waals surface area (Å²) < 4.78 is 47.7. The molecule has 114 valence electrons. The molecule has 0 aliphatic heterocycles. The second-order valence-corrected chi connectivity index (χ2v) is 4.82. The molecular formula is C12H10BrF3N2O3. The van der Waals surface area contributed by atoms with E-state index in [-0.39, 0.29) is 18.7 Å². The first-order valence-corrected chi connectivity index (χ1v) is 6.66. The highest BCUT2D eigenvalue weighted by molar-refractivity contribution is 9.10. The third kappa shape index (κ3) is 3.66. The maximum atomic E-state index is 12.4. The van der Waals surface area contributed by atoms with Crippen LogP contribution in [0, 0.1) is 0 Å². The molecule has 9 heteroatoms. The minimum Gasteiger partial charge on any atom is -0.465 e. The number of ether oxygens (including phenoxy) is 2. The van der Waals surface area contributed by atoms with Gasteiger partial charge in [-0.1, -0.05) is 15.9 Å². The Kier molecular flexibility index (Phi) is 4.40. The lowest BCUT2D eigenvalue weighted by Crippen LogP contribution is -2.19. The Hall–Kier alpha value is -1.77. The van der Waals surface area contributed by atoms with Crippen LogP contribution < -0.4 is 4.74 Å². The van der Waals surface area contributed by atoms with Crippen molar-refractivity contribution in [1.82, 2.24) is 9.78 Å². The number of halogens is 4. The molecule has 21 heavy (non-hydrogen) atoms. The second-order valence-electron chi connectivity index (χ2n) is 3.96. The van der Waals surface area contributed by atoms with Crippen molar-refractivity contribution >= 4 is 32.8 Å². The van der Waals surface area contributed by atoms with E-state index in [1.54, 1.807) is 6.92 Å². The number of alkyl halides is 3. The highest BCUT2D eigenvalue weighted by Crippen LogP contribution is 2.34. The van der Waals surface area contributed by atoms with Crippen molar-refractivity contribution in [3.63, 3.8) is 0 Å². The Morgan fingerprint density at radius 1 is 1.43 bits per heavy atom. The van der Waals surface area contributed by atoms with Gasteiger partial charge in [-0.15, -0.1) is 13.2 Å². The van der Waals surface area contributed by atoms with Gasteiger partial charge in [-0.3, -0.25) is 4.79 Å². The average Bonchev–Trinajstić information content (AvgIpc) is 2.76. The average molecular weight is 367 g/mol. The van der Waals surface area contributed by atoms with Crippen LogP contribution in [0.3, 0.4) is 0 Å². The van der Waals surface area contributed by atoms with Crippen LogP contribution in [0.25, 0.3) is 10.9 Å². The lowest BCUT2D eigenvalue weighted by molar-refractivity contribution is -0.274. The molecule has 0 amide bonds. The van der Waals surface area contributed by atoms with Gasteiger partial charge in [0.1, 0.15) is 12.1 Å². The number of fused-ring (bicyclic) bond motifs is 1. The van der Waals surface area contributed by atoms with Crippen LogP contribution in [0.1, 0.15) is 6.92 Å². The number of hydrogen-bond donors (Lipinski definition) is 0.